The first-order chi connectivity index (χ1) is 9.72. The van der Waals surface area contributed by atoms with Gasteiger partial charge in [0, 0.05) is 11.3 Å². The van der Waals surface area contributed by atoms with E-state index in [9.17, 15) is 0 Å². The molecule has 2 atom stereocenters. The van der Waals surface area contributed by atoms with Crippen LogP contribution in [0, 0.1) is 6.92 Å². The van der Waals surface area contributed by atoms with Gasteiger partial charge in [-0.05, 0) is 51.1 Å². The molecule has 3 heteroatoms. The third kappa shape index (κ3) is 2.16. The van der Waals surface area contributed by atoms with Crippen LogP contribution in [0.1, 0.15) is 54.2 Å². The predicted octanol–water partition coefficient (Wildman–Crippen LogP) is 3.18. The van der Waals surface area contributed by atoms with Crippen LogP contribution in [0.25, 0.3) is 0 Å². The van der Waals surface area contributed by atoms with E-state index in [0.717, 1.165) is 18.7 Å². The minimum atomic E-state index is 0.287. The van der Waals surface area contributed by atoms with Crippen LogP contribution in [0.4, 0.5) is 0 Å². The van der Waals surface area contributed by atoms with Gasteiger partial charge in [-0.2, -0.15) is 5.10 Å². The highest BCUT2D eigenvalue weighted by Crippen LogP contribution is 2.35. The van der Waals surface area contributed by atoms with Gasteiger partial charge in [-0.1, -0.05) is 30.3 Å². The van der Waals surface area contributed by atoms with Gasteiger partial charge in [0.05, 0.1) is 11.7 Å². The smallest absolute Gasteiger partial charge is 0.0743 e. The van der Waals surface area contributed by atoms with E-state index in [-0.39, 0.29) is 6.04 Å². The molecule has 0 bridgehead atoms. The maximum Gasteiger partial charge on any atom is 0.0743 e. The van der Waals surface area contributed by atoms with Crippen molar-refractivity contribution in [3.8, 4) is 0 Å². The van der Waals surface area contributed by atoms with Crippen molar-refractivity contribution in [1.29, 1.82) is 0 Å². The van der Waals surface area contributed by atoms with Crippen LogP contribution in [0.5, 0.6) is 0 Å². The quantitative estimate of drug-likeness (QED) is 0.930. The molecule has 0 spiro atoms. The molecule has 0 saturated carbocycles. The Hall–Kier alpha value is -1.61. The Morgan fingerprint density at radius 1 is 1.35 bits per heavy atom. The normalized spacial score (nSPS) is 19.6. The van der Waals surface area contributed by atoms with Gasteiger partial charge in [-0.15, -0.1) is 0 Å². The van der Waals surface area contributed by atoms with Crippen LogP contribution in [-0.2, 0) is 6.42 Å². The zero-order valence-corrected chi connectivity index (χ0v) is 12.3. The molecular weight excluding hydrogens is 246 g/mol. The second-order valence-corrected chi connectivity index (χ2v) is 5.80. The molecule has 3 rings (SSSR count). The number of benzene rings is 1. The first kappa shape index (κ1) is 13.4. The third-order valence-corrected chi connectivity index (χ3v) is 4.54. The summed E-state index contributed by atoms with van der Waals surface area (Å²) < 4.78 is 2.22. The molecule has 1 aromatic carbocycles. The summed E-state index contributed by atoms with van der Waals surface area (Å²) in [5, 5.41) is 4.83. The summed E-state index contributed by atoms with van der Waals surface area (Å²) in [7, 11) is 0. The first-order valence-electron chi connectivity index (χ1n) is 7.55. The zero-order valence-electron chi connectivity index (χ0n) is 12.3. The minimum Gasteiger partial charge on any atom is -0.330 e. The lowest BCUT2D eigenvalue weighted by Gasteiger charge is -2.24. The summed E-state index contributed by atoms with van der Waals surface area (Å²) in [4.78, 5) is 0. The molecule has 1 aliphatic rings. The van der Waals surface area contributed by atoms with Crippen molar-refractivity contribution in [2.75, 3.05) is 6.54 Å². The minimum absolute atomic E-state index is 0.287. The number of hydrogen-bond donors (Lipinski definition) is 1. The van der Waals surface area contributed by atoms with Crippen molar-refractivity contribution in [2.45, 2.75) is 45.1 Å². The highest BCUT2D eigenvalue weighted by Gasteiger charge is 2.27. The molecule has 106 valence electrons. The molecule has 2 N–H and O–H groups in total. The van der Waals surface area contributed by atoms with Crippen LogP contribution in [0.2, 0.25) is 0 Å². The Bertz CT molecular complexity index is 586. The van der Waals surface area contributed by atoms with E-state index in [1.165, 1.54) is 29.7 Å². The Labute approximate surface area is 120 Å². The lowest BCUT2D eigenvalue weighted by Crippen LogP contribution is -2.20. The van der Waals surface area contributed by atoms with E-state index in [1.54, 1.807) is 0 Å². The molecule has 0 saturated heterocycles. The molecule has 0 aliphatic heterocycles. The van der Waals surface area contributed by atoms with Gasteiger partial charge in [-0.3, -0.25) is 4.68 Å². The van der Waals surface area contributed by atoms with E-state index in [2.05, 4.69) is 48.9 Å². The number of fused-ring (bicyclic) bond motifs is 1. The molecular formula is C17H23N3. The number of aromatic nitrogens is 2. The summed E-state index contributed by atoms with van der Waals surface area (Å²) in [6.07, 6.45) is 3.56. The van der Waals surface area contributed by atoms with Gasteiger partial charge in [-0.25, -0.2) is 0 Å². The van der Waals surface area contributed by atoms with Crippen molar-refractivity contribution < 1.29 is 0 Å². The summed E-state index contributed by atoms with van der Waals surface area (Å²) >= 11 is 0. The first-order valence-corrected chi connectivity index (χ1v) is 7.55. The maximum atomic E-state index is 5.95. The van der Waals surface area contributed by atoms with E-state index in [1.807, 2.05) is 0 Å². The van der Waals surface area contributed by atoms with Gasteiger partial charge in [0.1, 0.15) is 0 Å². The Morgan fingerprint density at radius 2 is 2.10 bits per heavy atom. The molecule has 0 radical (unpaired) electrons. The van der Waals surface area contributed by atoms with Gasteiger partial charge in [0.15, 0.2) is 0 Å². The monoisotopic (exact) mass is 269 g/mol. The van der Waals surface area contributed by atoms with Gasteiger partial charge < -0.3 is 5.73 Å². The molecule has 2 unspecified atom stereocenters. The van der Waals surface area contributed by atoms with E-state index < -0.39 is 0 Å². The Balaban J connectivity index is 2.03. The lowest BCUT2D eigenvalue weighted by atomic mass is 9.85. The number of hydrogen-bond acceptors (Lipinski definition) is 2. The van der Waals surface area contributed by atoms with E-state index >= 15 is 0 Å². The predicted molar refractivity (Wildman–Crippen MR) is 82.0 cm³/mol. The van der Waals surface area contributed by atoms with Crippen LogP contribution in [0.15, 0.2) is 30.3 Å². The fourth-order valence-electron chi connectivity index (χ4n) is 3.48. The second-order valence-electron chi connectivity index (χ2n) is 5.80. The van der Waals surface area contributed by atoms with Crippen molar-refractivity contribution in [3.63, 3.8) is 0 Å². The molecule has 1 aliphatic carbocycles. The number of nitrogens with two attached hydrogens (primary N) is 1. The van der Waals surface area contributed by atoms with Crippen molar-refractivity contribution >= 4 is 0 Å². The van der Waals surface area contributed by atoms with Crippen LogP contribution < -0.4 is 5.73 Å². The van der Waals surface area contributed by atoms with Crippen LogP contribution in [0.3, 0.4) is 0 Å². The summed E-state index contributed by atoms with van der Waals surface area (Å²) in [6, 6.07) is 10.9. The van der Waals surface area contributed by atoms with E-state index in [0.29, 0.717) is 5.92 Å². The average Bonchev–Trinajstić information content (AvgIpc) is 2.85. The number of nitrogens with zero attached hydrogens (tertiary/aromatic N) is 2. The highest BCUT2D eigenvalue weighted by molar-refractivity contribution is 5.34. The molecule has 20 heavy (non-hydrogen) atoms. The average molecular weight is 269 g/mol. The molecule has 1 aromatic heterocycles. The summed E-state index contributed by atoms with van der Waals surface area (Å²) in [5.74, 6) is 0.496. The van der Waals surface area contributed by atoms with E-state index in [4.69, 9.17) is 10.8 Å². The van der Waals surface area contributed by atoms with Crippen molar-refractivity contribution in [3.05, 3.63) is 52.8 Å². The summed E-state index contributed by atoms with van der Waals surface area (Å²) in [6.45, 7) is 5.09. The fraction of sp³-hybridized carbons (Fsp3) is 0.471. The topological polar surface area (TPSA) is 43.8 Å². The fourth-order valence-corrected chi connectivity index (χ4v) is 3.48. The van der Waals surface area contributed by atoms with Gasteiger partial charge in [0.25, 0.3) is 0 Å². The maximum absolute atomic E-state index is 5.95. The zero-order chi connectivity index (χ0) is 14.1. The molecule has 0 fully saturated rings. The van der Waals surface area contributed by atoms with Crippen LogP contribution >= 0.6 is 0 Å². The molecule has 1 heterocycles. The molecule has 0 amide bonds. The number of aryl methyl sites for hydroxylation is 1. The lowest BCUT2D eigenvalue weighted by molar-refractivity contribution is 0.495. The third-order valence-electron chi connectivity index (χ3n) is 4.54. The van der Waals surface area contributed by atoms with Gasteiger partial charge >= 0.3 is 0 Å². The number of rotatable bonds is 3. The van der Waals surface area contributed by atoms with Crippen LogP contribution in [-0.4, -0.2) is 16.3 Å². The Kier molecular flexibility index (Phi) is 3.62. The molecule has 2 aromatic rings. The van der Waals surface area contributed by atoms with Crippen molar-refractivity contribution in [1.82, 2.24) is 9.78 Å². The highest BCUT2D eigenvalue weighted by atomic mass is 15.3. The van der Waals surface area contributed by atoms with Crippen molar-refractivity contribution in [2.24, 2.45) is 5.73 Å². The summed E-state index contributed by atoms with van der Waals surface area (Å²) in [5.41, 5.74) is 11.2. The Morgan fingerprint density at radius 3 is 2.80 bits per heavy atom. The largest absolute Gasteiger partial charge is 0.330 e. The SMILES string of the molecule is Cc1nn(C(C)c2ccccc2)c2c1C(CN)CCC2. The van der Waals surface area contributed by atoms with Gasteiger partial charge in [0.2, 0.25) is 0 Å². The standard InChI is InChI=1S/C17H23N3/c1-12-17-15(11-18)9-6-10-16(17)20(19-12)13(2)14-7-4-3-5-8-14/h3-5,7-8,13,15H,6,9-11,18H2,1-2H3. The second kappa shape index (κ2) is 5.41. The molecule has 3 nitrogen and oxygen atoms in total.